The summed E-state index contributed by atoms with van der Waals surface area (Å²) in [6, 6.07) is 0. The molecule has 0 saturated carbocycles. The Balaban J connectivity index is 2.38. The van der Waals surface area contributed by atoms with Crippen LogP contribution in [-0.4, -0.2) is 21.2 Å². The highest BCUT2D eigenvalue weighted by molar-refractivity contribution is 5.60. The predicted molar refractivity (Wildman–Crippen MR) is 59.8 cm³/mol. The summed E-state index contributed by atoms with van der Waals surface area (Å²) in [6.07, 6.45) is 8.16. The van der Waals surface area contributed by atoms with Gasteiger partial charge in [-0.3, -0.25) is 9.67 Å². The molecule has 1 aliphatic heterocycles. The molecule has 2 rings (SSSR count). The van der Waals surface area contributed by atoms with E-state index in [2.05, 4.69) is 28.3 Å². The number of aromatic nitrogens is 3. The second-order valence-electron chi connectivity index (χ2n) is 4.33. The van der Waals surface area contributed by atoms with Crippen molar-refractivity contribution in [2.24, 2.45) is 12.0 Å². The van der Waals surface area contributed by atoms with Crippen LogP contribution < -0.4 is 0 Å². The van der Waals surface area contributed by atoms with Gasteiger partial charge in [-0.2, -0.15) is 0 Å². The van der Waals surface area contributed by atoms with Crippen molar-refractivity contribution < 1.29 is 0 Å². The molecule has 0 amide bonds. The lowest BCUT2D eigenvalue weighted by Gasteiger charge is -2.21. The summed E-state index contributed by atoms with van der Waals surface area (Å²) in [6.45, 7) is 4.21. The molecule has 0 spiro atoms. The summed E-state index contributed by atoms with van der Waals surface area (Å²) >= 11 is 0. The van der Waals surface area contributed by atoms with Gasteiger partial charge in [0.2, 0.25) is 0 Å². The molecule has 2 heterocycles. The molecule has 0 saturated heterocycles. The van der Waals surface area contributed by atoms with Crippen LogP contribution in [0.25, 0.3) is 0 Å². The zero-order chi connectivity index (χ0) is 10.9. The number of hydrogen-bond acceptors (Lipinski definition) is 3. The SMILES string of the molecule is CC1=CC(C)(c2cn(C)nn2)CCC=N1. The molecule has 0 aromatic carbocycles. The second kappa shape index (κ2) is 3.61. The molecule has 15 heavy (non-hydrogen) atoms. The lowest BCUT2D eigenvalue weighted by molar-refractivity contribution is 0.537. The smallest absolute Gasteiger partial charge is 0.0924 e. The molecule has 1 atom stereocenters. The van der Waals surface area contributed by atoms with Gasteiger partial charge in [-0.05, 0) is 19.8 Å². The third-order valence-corrected chi connectivity index (χ3v) is 2.80. The third-order valence-electron chi connectivity index (χ3n) is 2.80. The number of nitrogens with zero attached hydrogens (tertiary/aromatic N) is 4. The van der Waals surface area contributed by atoms with Crippen molar-refractivity contribution in [3.63, 3.8) is 0 Å². The van der Waals surface area contributed by atoms with Crippen molar-refractivity contribution in [1.29, 1.82) is 0 Å². The third kappa shape index (κ3) is 1.98. The van der Waals surface area contributed by atoms with E-state index in [0.717, 1.165) is 24.2 Å². The largest absolute Gasteiger partial charge is 0.266 e. The second-order valence-corrected chi connectivity index (χ2v) is 4.33. The molecule has 1 aromatic rings. The Morgan fingerprint density at radius 1 is 1.47 bits per heavy atom. The van der Waals surface area contributed by atoms with Crippen LogP contribution in [0, 0.1) is 0 Å². The zero-order valence-electron chi connectivity index (χ0n) is 9.44. The highest BCUT2D eigenvalue weighted by atomic mass is 15.4. The molecule has 1 unspecified atom stereocenters. The van der Waals surface area contributed by atoms with Crippen LogP contribution in [0.3, 0.4) is 0 Å². The molecule has 0 bridgehead atoms. The standard InChI is InChI=1S/C11H16N4/c1-9-7-11(2,5-4-6-12-9)10-8-15(3)14-13-10/h6-8H,4-5H2,1-3H3. The van der Waals surface area contributed by atoms with Gasteiger partial charge in [0.15, 0.2) is 0 Å². The van der Waals surface area contributed by atoms with E-state index in [-0.39, 0.29) is 5.41 Å². The Hall–Kier alpha value is -1.45. The lowest BCUT2D eigenvalue weighted by atomic mass is 9.82. The Labute approximate surface area is 89.7 Å². The number of aliphatic imine (C=N–C) groups is 1. The van der Waals surface area contributed by atoms with E-state index in [1.807, 2.05) is 26.4 Å². The van der Waals surface area contributed by atoms with E-state index in [9.17, 15) is 0 Å². The normalized spacial score (nSPS) is 26.2. The van der Waals surface area contributed by atoms with Gasteiger partial charge >= 0.3 is 0 Å². The molecule has 1 aromatic heterocycles. The summed E-state index contributed by atoms with van der Waals surface area (Å²) < 4.78 is 1.75. The molecular weight excluding hydrogens is 188 g/mol. The number of allylic oxidation sites excluding steroid dienone is 2. The minimum Gasteiger partial charge on any atom is -0.266 e. The highest BCUT2D eigenvalue weighted by Gasteiger charge is 2.28. The molecule has 0 aliphatic carbocycles. The van der Waals surface area contributed by atoms with Crippen LogP contribution in [0.4, 0.5) is 0 Å². The van der Waals surface area contributed by atoms with Gasteiger partial charge in [0.25, 0.3) is 0 Å². The quantitative estimate of drug-likeness (QED) is 0.700. The van der Waals surface area contributed by atoms with Gasteiger partial charge in [-0.25, -0.2) is 0 Å². The van der Waals surface area contributed by atoms with Gasteiger partial charge in [-0.1, -0.05) is 18.2 Å². The molecule has 80 valence electrons. The van der Waals surface area contributed by atoms with E-state index in [1.54, 1.807) is 4.68 Å². The summed E-state index contributed by atoms with van der Waals surface area (Å²) in [4.78, 5) is 4.33. The lowest BCUT2D eigenvalue weighted by Crippen LogP contribution is -2.19. The minimum absolute atomic E-state index is 0.0329. The Morgan fingerprint density at radius 3 is 2.93 bits per heavy atom. The van der Waals surface area contributed by atoms with Crippen molar-refractivity contribution in [3.8, 4) is 0 Å². The molecule has 0 fully saturated rings. The van der Waals surface area contributed by atoms with Crippen molar-refractivity contribution in [2.45, 2.75) is 32.1 Å². The topological polar surface area (TPSA) is 43.1 Å². The fraction of sp³-hybridized carbons (Fsp3) is 0.545. The number of aryl methyl sites for hydroxylation is 1. The molecule has 4 heteroatoms. The fourth-order valence-electron chi connectivity index (χ4n) is 1.95. The van der Waals surface area contributed by atoms with Crippen molar-refractivity contribution in [3.05, 3.63) is 23.7 Å². The summed E-state index contributed by atoms with van der Waals surface area (Å²) in [5.74, 6) is 0. The van der Waals surface area contributed by atoms with Gasteiger partial charge in [0.05, 0.1) is 5.69 Å². The molecular formula is C11H16N4. The predicted octanol–water partition coefficient (Wildman–Crippen LogP) is 1.84. The maximum Gasteiger partial charge on any atom is 0.0924 e. The van der Waals surface area contributed by atoms with E-state index in [1.165, 1.54) is 0 Å². The highest BCUT2D eigenvalue weighted by Crippen LogP contribution is 2.31. The Kier molecular flexibility index (Phi) is 2.42. The molecule has 1 aliphatic rings. The first-order chi connectivity index (χ1) is 7.10. The van der Waals surface area contributed by atoms with Gasteiger partial charge in [0.1, 0.15) is 0 Å². The maximum absolute atomic E-state index is 4.33. The Bertz CT molecular complexity index is 416. The first kappa shape index (κ1) is 10.1. The summed E-state index contributed by atoms with van der Waals surface area (Å²) in [5, 5.41) is 8.19. The maximum atomic E-state index is 4.33. The molecule has 4 nitrogen and oxygen atoms in total. The van der Waals surface area contributed by atoms with E-state index in [4.69, 9.17) is 0 Å². The van der Waals surface area contributed by atoms with Crippen LogP contribution in [0.5, 0.6) is 0 Å². The van der Waals surface area contributed by atoms with Crippen molar-refractivity contribution >= 4 is 6.21 Å². The zero-order valence-corrected chi connectivity index (χ0v) is 9.44. The molecule has 0 radical (unpaired) electrons. The fourth-order valence-corrected chi connectivity index (χ4v) is 1.95. The van der Waals surface area contributed by atoms with Crippen LogP contribution in [0.2, 0.25) is 0 Å². The first-order valence-corrected chi connectivity index (χ1v) is 5.19. The van der Waals surface area contributed by atoms with Gasteiger partial charge in [0, 0.05) is 30.6 Å². The van der Waals surface area contributed by atoms with Gasteiger partial charge < -0.3 is 0 Å². The van der Waals surface area contributed by atoms with Gasteiger partial charge in [-0.15, -0.1) is 5.10 Å². The van der Waals surface area contributed by atoms with Crippen LogP contribution in [-0.2, 0) is 12.5 Å². The average molecular weight is 204 g/mol. The first-order valence-electron chi connectivity index (χ1n) is 5.19. The van der Waals surface area contributed by atoms with E-state index in [0.29, 0.717) is 0 Å². The van der Waals surface area contributed by atoms with E-state index >= 15 is 0 Å². The summed E-state index contributed by atoms with van der Waals surface area (Å²) in [7, 11) is 1.89. The van der Waals surface area contributed by atoms with Crippen molar-refractivity contribution in [1.82, 2.24) is 15.0 Å². The van der Waals surface area contributed by atoms with Crippen LogP contribution in [0.15, 0.2) is 23.0 Å². The molecule has 0 N–H and O–H groups in total. The average Bonchev–Trinajstić information content (AvgIpc) is 2.52. The summed E-state index contributed by atoms with van der Waals surface area (Å²) in [5.41, 5.74) is 2.05. The van der Waals surface area contributed by atoms with Crippen molar-refractivity contribution in [2.75, 3.05) is 0 Å². The van der Waals surface area contributed by atoms with Crippen LogP contribution >= 0.6 is 0 Å². The minimum atomic E-state index is -0.0329. The Morgan fingerprint density at radius 2 is 2.27 bits per heavy atom. The number of rotatable bonds is 1. The van der Waals surface area contributed by atoms with Crippen LogP contribution in [0.1, 0.15) is 32.4 Å². The monoisotopic (exact) mass is 204 g/mol. The number of hydrogen-bond donors (Lipinski definition) is 0. The van der Waals surface area contributed by atoms with E-state index < -0.39 is 0 Å².